The maximum Gasteiger partial charge on any atom is 0.0275 e. The fourth-order valence-corrected chi connectivity index (χ4v) is 1.86. The quantitative estimate of drug-likeness (QED) is 0.277. The zero-order chi connectivity index (χ0) is 14.5. The molecule has 0 unspecified atom stereocenters. The lowest BCUT2D eigenvalue weighted by Gasteiger charge is -2.04. The summed E-state index contributed by atoms with van der Waals surface area (Å²) in [7, 11) is 0. The minimum Gasteiger partial charge on any atom is -0.330 e. The van der Waals surface area contributed by atoms with Crippen LogP contribution in [-0.4, -0.2) is 75.5 Å². The van der Waals surface area contributed by atoms with E-state index in [9.17, 15) is 0 Å². The van der Waals surface area contributed by atoms with Crippen LogP contribution in [0, 0.1) is 0 Å². The first kappa shape index (κ1) is 17.8. The Hall–Kier alpha value is -0.240. The number of nitrogens with one attached hydrogen (secondary N) is 2. The third-order valence-electron chi connectivity index (χ3n) is 3.32. The van der Waals surface area contributed by atoms with Crippen LogP contribution in [-0.2, 0) is 0 Å². The lowest BCUT2D eigenvalue weighted by atomic mass is 10.3. The lowest BCUT2D eigenvalue weighted by Crippen LogP contribution is -2.22. The summed E-state index contributed by atoms with van der Waals surface area (Å²) >= 11 is 0. The molecule has 120 valence electrons. The molecule has 0 amide bonds. The first-order valence-electron chi connectivity index (χ1n) is 8.20. The Morgan fingerprint density at radius 2 is 0.950 bits per heavy atom. The Balaban J connectivity index is 0.000000267. The van der Waals surface area contributed by atoms with Gasteiger partial charge in [-0.1, -0.05) is 0 Å². The largest absolute Gasteiger partial charge is 0.330 e. The molecule has 2 aliphatic heterocycles. The van der Waals surface area contributed by atoms with Gasteiger partial charge in [-0.25, -0.2) is 10.0 Å². The third-order valence-corrected chi connectivity index (χ3v) is 3.32. The SMILES string of the molecule is C1CN1N1CC1.NCCCNCCCCNCCCN. The topological polar surface area (TPSA) is 82.1 Å². The van der Waals surface area contributed by atoms with E-state index in [1.54, 1.807) is 0 Å². The fraction of sp³-hybridized carbons (Fsp3) is 1.00. The van der Waals surface area contributed by atoms with E-state index in [1.807, 2.05) is 0 Å². The summed E-state index contributed by atoms with van der Waals surface area (Å²) < 4.78 is 0. The van der Waals surface area contributed by atoms with E-state index in [0.29, 0.717) is 0 Å². The number of nitrogens with two attached hydrogens (primary N) is 2. The molecule has 0 radical (unpaired) electrons. The van der Waals surface area contributed by atoms with Crippen LogP contribution in [0.2, 0.25) is 0 Å². The maximum atomic E-state index is 5.38. The Morgan fingerprint density at radius 3 is 1.25 bits per heavy atom. The van der Waals surface area contributed by atoms with Gasteiger partial charge in [0.1, 0.15) is 0 Å². The highest BCUT2D eigenvalue weighted by molar-refractivity contribution is 4.79. The van der Waals surface area contributed by atoms with Crippen LogP contribution in [0.4, 0.5) is 0 Å². The first-order chi connectivity index (χ1) is 9.88. The zero-order valence-electron chi connectivity index (χ0n) is 12.9. The molecule has 0 bridgehead atoms. The highest BCUT2D eigenvalue weighted by Gasteiger charge is 2.32. The van der Waals surface area contributed by atoms with Crippen LogP contribution < -0.4 is 22.1 Å². The number of hydrogen-bond donors (Lipinski definition) is 4. The molecule has 0 aromatic carbocycles. The van der Waals surface area contributed by atoms with Crippen LogP contribution >= 0.6 is 0 Å². The first-order valence-corrected chi connectivity index (χ1v) is 8.20. The molecule has 0 saturated carbocycles. The maximum absolute atomic E-state index is 5.38. The van der Waals surface area contributed by atoms with E-state index in [4.69, 9.17) is 11.5 Å². The molecule has 0 aliphatic carbocycles. The summed E-state index contributed by atoms with van der Waals surface area (Å²) in [6.07, 6.45) is 4.63. The van der Waals surface area contributed by atoms with Crippen LogP contribution in [0.5, 0.6) is 0 Å². The van der Waals surface area contributed by atoms with Gasteiger partial charge in [-0.05, 0) is 65.0 Å². The molecule has 2 heterocycles. The standard InChI is InChI=1S/C10H26N4.C4H8N2/c11-5-3-9-13-7-1-2-8-14-10-4-6-12;1-2-5(1)6-3-4-6/h13-14H,1-12H2;1-4H2. The predicted octanol–water partition coefficient (Wildman–Crippen LogP) is -0.824. The van der Waals surface area contributed by atoms with Crippen molar-refractivity contribution in [3.63, 3.8) is 0 Å². The molecule has 0 atom stereocenters. The monoisotopic (exact) mass is 286 g/mol. The zero-order valence-corrected chi connectivity index (χ0v) is 12.9. The summed E-state index contributed by atoms with van der Waals surface area (Å²) in [4.78, 5) is 0. The third kappa shape index (κ3) is 11.6. The van der Waals surface area contributed by atoms with Crippen molar-refractivity contribution in [1.29, 1.82) is 0 Å². The number of hydrogen-bond acceptors (Lipinski definition) is 6. The molecule has 0 spiro atoms. The molecule has 6 nitrogen and oxygen atoms in total. The average Bonchev–Trinajstić information content (AvgIpc) is 3.32. The molecule has 2 saturated heterocycles. The summed E-state index contributed by atoms with van der Waals surface area (Å²) in [6.45, 7) is 11.2. The van der Waals surface area contributed by atoms with E-state index in [2.05, 4.69) is 20.7 Å². The van der Waals surface area contributed by atoms with Crippen LogP contribution in [0.25, 0.3) is 0 Å². The van der Waals surface area contributed by atoms with Crippen molar-refractivity contribution >= 4 is 0 Å². The Bertz CT molecular complexity index is 184. The van der Waals surface area contributed by atoms with Gasteiger partial charge in [0.05, 0.1) is 0 Å². The molecule has 2 rings (SSSR count). The lowest BCUT2D eigenvalue weighted by molar-refractivity contribution is 0.266. The second-order valence-electron chi connectivity index (χ2n) is 5.40. The van der Waals surface area contributed by atoms with Crippen molar-refractivity contribution in [2.75, 3.05) is 65.4 Å². The van der Waals surface area contributed by atoms with E-state index >= 15 is 0 Å². The van der Waals surface area contributed by atoms with Gasteiger partial charge in [0, 0.05) is 26.2 Å². The number of hydrazine groups is 1. The Labute approximate surface area is 124 Å². The van der Waals surface area contributed by atoms with Crippen molar-refractivity contribution in [2.24, 2.45) is 11.5 Å². The second kappa shape index (κ2) is 12.5. The van der Waals surface area contributed by atoms with E-state index in [0.717, 1.165) is 52.1 Å². The van der Waals surface area contributed by atoms with E-state index < -0.39 is 0 Å². The van der Waals surface area contributed by atoms with Gasteiger partial charge in [-0.3, -0.25) is 0 Å². The van der Waals surface area contributed by atoms with Gasteiger partial charge in [0.15, 0.2) is 0 Å². The summed E-state index contributed by atoms with van der Waals surface area (Å²) in [6, 6.07) is 0. The molecule has 2 fully saturated rings. The predicted molar refractivity (Wildman–Crippen MR) is 85.5 cm³/mol. The molecule has 0 aromatic rings. The molecular formula is C14H34N6. The molecule has 6 heteroatoms. The van der Waals surface area contributed by atoms with Crippen molar-refractivity contribution in [3.05, 3.63) is 0 Å². The van der Waals surface area contributed by atoms with E-state index in [-0.39, 0.29) is 0 Å². The van der Waals surface area contributed by atoms with Crippen molar-refractivity contribution in [2.45, 2.75) is 25.7 Å². The van der Waals surface area contributed by atoms with Crippen molar-refractivity contribution < 1.29 is 0 Å². The second-order valence-corrected chi connectivity index (χ2v) is 5.40. The van der Waals surface area contributed by atoms with E-state index in [1.165, 1.54) is 39.0 Å². The van der Waals surface area contributed by atoms with Crippen LogP contribution in [0.15, 0.2) is 0 Å². The van der Waals surface area contributed by atoms with Crippen LogP contribution in [0.1, 0.15) is 25.7 Å². The summed E-state index contributed by atoms with van der Waals surface area (Å²) in [5.41, 5.74) is 10.8. The normalized spacial score (nSPS) is 17.7. The average molecular weight is 286 g/mol. The summed E-state index contributed by atoms with van der Waals surface area (Å²) in [5.74, 6) is 0. The minimum atomic E-state index is 0.785. The summed E-state index contributed by atoms with van der Waals surface area (Å²) in [5, 5.41) is 11.4. The van der Waals surface area contributed by atoms with Gasteiger partial charge in [0.2, 0.25) is 0 Å². The van der Waals surface area contributed by atoms with Gasteiger partial charge in [-0.15, -0.1) is 0 Å². The number of unbranched alkanes of at least 4 members (excludes halogenated alkanes) is 1. The van der Waals surface area contributed by atoms with Gasteiger partial charge >= 0.3 is 0 Å². The number of nitrogens with zero attached hydrogens (tertiary/aromatic N) is 2. The Kier molecular flexibility index (Phi) is 11.1. The fourth-order valence-electron chi connectivity index (χ4n) is 1.86. The van der Waals surface area contributed by atoms with Crippen LogP contribution in [0.3, 0.4) is 0 Å². The highest BCUT2D eigenvalue weighted by Crippen LogP contribution is 2.16. The van der Waals surface area contributed by atoms with Gasteiger partial charge in [0.25, 0.3) is 0 Å². The molecule has 6 N–H and O–H groups in total. The molecular weight excluding hydrogens is 252 g/mol. The Morgan fingerprint density at radius 1 is 0.600 bits per heavy atom. The molecule has 20 heavy (non-hydrogen) atoms. The highest BCUT2D eigenvalue weighted by atomic mass is 15.7. The van der Waals surface area contributed by atoms with Crippen molar-refractivity contribution in [1.82, 2.24) is 20.7 Å². The molecule has 2 aliphatic rings. The van der Waals surface area contributed by atoms with Gasteiger partial charge < -0.3 is 22.1 Å². The smallest absolute Gasteiger partial charge is 0.0275 e. The number of rotatable bonds is 12. The van der Waals surface area contributed by atoms with Crippen molar-refractivity contribution in [3.8, 4) is 0 Å². The minimum absolute atomic E-state index is 0.785. The van der Waals surface area contributed by atoms with Gasteiger partial charge in [-0.2, -0.15) is 0 Å². The molecule has 0 aromatic heterocycles.